The predicted octanol–water partition coefficient (Wildman–Crippen LogP) is 2.93. The van der Waals surface area contributed by atoms with Crippen molar-refractivity contribution in [1.82, 2.24) is 10.6 Å². The molecule has 0 saturated heterocycles. The van der Waals surface area contributed by atoms with Crippen LogP contribution in [0.3, 0.4) is 0 Å². The number of aryl methyl sites for hydroxylation is 1. The van der Waals surface area contributed by atoms with Crippen molar-refractivity contribution in [2.75, 3.05) is 0 Å². The maximum atomic E-state index is 12.6. The third kappa shape index (κ3) is 3.12. The maximum absolute atomic E-state index is 12.6. The molecule has 1 aliphatic carbocycles. The van der Waals surface area contributed by atoms with Gasteiger partial charge in [-0.05, 0) is 41.5 Å². The number of fused-ring (bicyclic) bond motifs is 2. The van der Waals surface area contributed by atoms with Crippen LogP contribution in [0.5, 0.6) is 0 Å². The topological polar surface area (TPSA) is 41.1 Å². The molecule has 0 radical (unpaired) electrons. The van der Waals surface area contributed by atoms with Gasteiger partial charge in [-0.2, -0.15) is 0 Å². The summed E-state index contributed by atoms with van der Waals surface area (Å²) in [6, 6.07) is 16.8. The summed E-state index contributed by atoms with van der Waals surface area (Å²) in [4.78, 5) is 12.6. The van der Waals surface area contributed by atoms with Crippen LogP contribution in [0.25, 0.3) is 0 Å². The van der Waals surface area contributed by atoms with Gasteiger partial charge in [0.1, 0.15) is 0 Å². The second-order valence-electron chi connectivity index (χ2n) is 6.20. The molecule has 2 aliphatic rings. The number of rotatable bonds is 2. The van der Waals surface area contributed by atoms with Crippen LogP contribution in [-0.4, -0.2) is 11.9 Å². The van der Waals surface area contributed by atoms with Crippen molar-refractivity contribution in [1.29, 1.82) is 0 Å². The summed E-state index contributed by atoms with van der Waals surface area (Å²) in [6.45, 7) is 0.773. The van der Waals surface area contributed by atoms with Crippen LogP contribution in [0, 0.1) is 0 Å². The van der Waals surface area contributed by atoms with Gasteiger partial charge in [0.15, 0.2) is 0 Å². The van der Waals surface area contributed by atoms with E-state index in [4.69, 9.17) is 0 Å². The van der Waals surface area contributed by atoms with Gasteiger partial charge in [-0.1, -0.05) is 48.5 Å². The molecule has 0 fully saturated rings. The highest BCUT2D eigenvalue weighted by Gasteiger charge is 2.28. The number of nitrogens with one attached hydrogen (secondary N) is 2. The average Bonchev–Trinajstić information content (AvgIpc) is 2.97. The summed E-state index contributed by atoms with van der Waals surface area (Å²) < 4.78 is 0. The first-order valence-electron chi connectivity index (χ1n) is 7.99. The van der Waals surface area contributed by atoms with Gasteiger partial charge in [0, 0.05) is 6.54 Å². The minimum atomic E-state index is -0.123. The molecule has 0 aromatic heterocycles. The van der Waals surface area contributed by atoms with Crippen molar-refractivity contribution in [2.24, 2.45) is 0 Å². The van der Waals surface area contributed by atoms with E-state index >= 15 is 0 Å². The Balaban J connectivity index is 0.00000156. The van der Waals surface area contributed by atoms with Gasteiger partial charge in [-0.15, -0.1) is 12.4 Å². The number of carbonyl (C=O) groups excluding carboxylic acids is 1. The van der Waals surface area contributed by atoms with Gasteiger partial charge >= 0.3 is 0 Å². The lowest BCUT2D eigenvalue weighted by Gasteiger charge is -2.26. The Hall–Kier alpha value is -1.84. The van der Waals surface area contributed by atoms with Gasteiger partial charge in [0.25, 0.3) is 0 Å². The second-order valence-corrected chi connectivity index (χ2v) is 6.20. The van der Waals surface area contributed by atoms with E-state index in [1.54, 1.807) is 0 Å². The third-order valence-corrected chi connectivity index (χ3v) is 4.85. The number of benzene rings is 2. The van der Waals surface area contributed by atoms with Crippen LogP contribution in [0.4, 0.5) is 0 Å². The first-order chi connectivity index (χ1) is 10.8. The predicted molar refractivity (Wildman–Crippen MR) is 93.7 cm³/mol. The van der Waals surface area contributed by atoms with Crippen molar-refractivity contribution >= 4 is 18.3 Å². The number of carbonyl (C=O) groups is 1. The Morgan fingerprint density at radius 2 is 1.70 bits per heavy atom. The summed E-state index contributed by atoms with van der Waals surface area (Å²) in [7, 11) is 0. The van der Waals surface area contributed by atoms with Crippen LogP contribution in [0.2, 0.25) is 0 Å². The van der Waals surface area contributed by atoms with Crippen molar-refractivity contribution in [2.45, 2.75) is 37.9 Å². The zero-order valence-corrected chi connectivity index (χ0v) is 13.7. The van der Waals surface area contributed by atoms with E-state index in [9.17, 15) is 4.79 Å². The van der Waals surface area contributed by atoms with Gasteiger partial charge in [0.2, 0.25) is 5.91 Å². The van der Waals surface area contributed by atoms with Crippen LogP contribution < -0.4 is 10.6 Å². The molecule has 0 saturated carbocycles. The zero-order chi connectivity index (χ0) is 14.9. The molecule has 0 spiro atoms. The molecular formula is C19H21ClN2O. The Bertz CT molecular complexity index is 716. The molecule has 1 amide bonds. The number of hydrogen-bond acceptors (Lipinski definition) is 2. The monoisotopic (exact) mass is 328 g/mol. The van der Waals surface area contributed by atoms with Crippen LogP contribution in [-0.2, 0) is 24.2 Å². The molecule has 2 atom stereocenters. The number of hydrogen-bond donors (Lipinski definition) is 2. The van der Waals surface area contributed by atoms with E-state index < -0.39 is 0 Å². The quantitative estimate of drug-likeness (QED) is 0.890. The minimum Gasteiger partial charge on any atom is -0.348 e. The number of halogens is 1. The van der Waals surface area contributed by atoms with Crippen LogP contribution in [0.15, 0.2) is 48.5 Å². The van der Waals surface area contributed by atoms with Crippen molar-refractivity contribution in [3.05, 3.63) is 70.8 Å². The fourth-order valence-corrected chi connectivity index (χ4v) is 3.62. The van der Waals surface area contributed by atoms with E-state index in [0.29, 0.717) is 0 Å². The summed E-state index contributed by atoms with van der Waals surface area (Å²) >= 11 is 0. The fraction of sp³-hybridized carbons (Fsp3) is 0.316. The largest absolute Gasteiger partial charge is 0.348 e. The number of amides is 1. The lowest BCUT2D eigenvalue weighted by molar-refractivity contribution is -0.124. The highest BCUT2D eigenvalue weighted by molar-refractivity contribution is 5.85. The Kier molecular flexibility index (Phi) is 4.69. The summed E-state index contributed by atoms with van der Waals surface area (Å²) in [5.41, 5.74) is 5.24. The lowest BCUT2D eigenvalue weighted by Crippen LogP contribution is -2.48. The molecule has 2 unspecified atom stereocenters. The molecule has 23 heavy (non-hydrogen) atoms. The first-order valence-corrected chi connectivity index (χ1v) is 7.99. The molecule has 120 valence electrons. The molecule has 4 heteroatoms. The third-order valence-electron chi connectivity index (χ3n) is 4.85. The second kappa shape index (κ2) is 6.73. The van der Waals surface area contributed by atoms with Gasteiger partial charge in [-0.25, -0.2) is 0 Å². The SMILES string of the molecule is Cl.O=C(NC1CCc2ccccc21)C1Cc2ccccc2CN1. The van der Waals surface area contributed by atoms with E-state index in [2.05, 4.69) is 53.1 Å². The maximum Gasteiger partial charge on any atom is 0.237 e. The summed E-state index contributed by atoms with van der Waals surface area (Å²) in [5.74, 6) is 0.121. The average molecular weight is 329 g/mol. The molecule has 2 N–H and O–H groups in total. The smallest absolute Gasteiger partial charge is 0.237 e. The molecule has 0 bridgehead atoms. The standard InChI is InChI=1S/C19H20N2O.ClH/c22-19(18-11-14-6-1-2-7-15(14)12-20-18)21-17-10-9-13-5-3-4-8-16(13)17;/h1-8,17-18,20H,9-12H2,(H,21,22);1H. The van der Waals surface area contributed by atoms with Crippen LogP contribution in [0.1, 0.15) is 34.7 Å². The Morgan fingerprint density at radius 3 is 2.52 bits per heavy atom. The van der Waals surface area contributed by atoms with Gasteiger partial charge in [-0.3, -0.25) is 4.79 Å². The summed E-state index contributed by atoms with van der Waals surface area (Å²) in [6.07, 6.45) is 2.84. The molecular weight excluding hydrogens is 308 g/mol. The zero-order valence-electron chi connectivity index (χ0n) is 12.9. The molecule has 4 rings (SSSR count). The molecule has 1 heterocycles. The first kappa shape index (κ1) is 16.0. The van der Waals surface area contributed by atoms with Crippen molar-refractivity contribution in [3.8, 4) is 0 Å². The van der Waals surface area contributed by atoms with Gasteiger partial charge < -0.3 is 10.6 Å². The van der Waals surface area contributed by atoms with E-state index in [1.165, 1.54) is 22.3 Å². The lowest BCUT2D eigenvalue weighted by atomic mass is 9.95. The van der Waals surface area contributed by atoms with Crippen molar-refractivity contribution in [3.63, 3.8) is 0 Å². The van der Waals surface area contributed by atoms with E-state index in [-0.39, 0.29) is 30.4 Å². The van der Waals surface area contributed by atoms with Crippen LogP contribution >= 0.6 is 12.4 Å². The summed E-state index contributed by atoms with van der Waals surface area (Å²) in [5, 5.41) is 6.60. The van der Waals surface area contributed by atoms with E-state index in [1.807, 2.05) is 6.07 Å². The van der Waals surface area contributed by atoms with Crippen molar-refractivity contribution < 1.29 is 4.79 Å². The Morgan fingerprint density at radius 1 is 1.00 bits per heavy atom. The molecule has 3 nitrogen and oxygen atoms in total. The normalized spacial score (nSPS) is 21.7. The van der Waals surface area contributed by atoms with E-state index in [0.717, 1.165) is 25.8 Å². The Labute approximate surface area is 142 Å². The molecule has 1 aliphatic heterocycles. The highest BCUT2D eigenvalue weighted by atomic mass is 35.5. The van der Waals surface area contributed by atoms with Gasteiger partial charge in [0.05, 0.1) is 12.1 Å². The molecule has 2 aromatic rings. The molecule has 2 aromatic carbocycles. The fourth-order valence-electron chi connectivity index (χ4n) is 3.62. The highest BCUT2D eigenvalue weighted by Crippen LogP contribution is 2.30. The minimum absolute atomic E-state index is 0.